The molecule has 0 unspecified atom stereocenters. The molecule has 0 saturated heterocycles. The number of hydrazine groups is 1. The van der Waals surface area contributed by atoms with Crippen molar-refractivity contribution >= 4 is 5.91 Å². The third kappa shape index (κ3) is 4.57. The van der Waals surface area contributed by atoms with Crippen molar-refractivity contribution in [1.29, 1.82) is 0 Å². The predicted octanol–water partition coefficient (Wildman–Crippen LogP) is 2.35. The van der Waals surface area contributed by atoms with Gasteiger partial charge in [-0.1, -0.05) is 23.8 Å². The lowest BCUT2D eigenvalue weighted by Crippen LogP contribution is -2.32. The van der Waals surface area contributed by atoms with Crippen molar-refractivity contribution in [3.8, 4) is 0 Å². The fourth-order valence-corrected chi connectivity index (χ4v) is 1.89. The van der Waals surface area contributed by atoms with E-state index in [2.05, 4.69) is 32.0 Å². The second kappa shape index (κ2) is 6.40. The average molecular weight is 234 g/mol. The number of hydrogen-bond donors (Lipinski definition) is 1. The van der Waals surface area contributed by atoms with Gasteiger partial charge in [-0.2, -0.15) is 0 Å². The Hall–Kier alpha value is -1.35. The van der Waals surface area contributed by atoms with E-state index in [1.807, 2.05) is 0 Å². The fourth-order valence-electron chi connectivity index (χ4n) is 1.89. The third-order valence-corrected chi connectivity index (χ3v) is 2.98. The van der Waals surface area contributed by atoms with E-state index in [1.165, 1.54) is 16.7 Å². The van der Waals surface area contributed by atoms with Crippen LogP contribution in [0.1, 0.15) is 36.0 Å². The van der Waals surface area contributed by atoms with Crippen LogP contribution < -0.4 is 5.84 Å². The third-order valence-electron chi connectivity index (χ3n) is 2.98. The number of hydrogen-bond acceptors (Lipinski definition) is 2. The lowest BCUT2D eigenvalue weighted by atomic mass is 10.0. The van der Waals surface area contributed by atoms with E-state index < -0.39 is 0 Å². The predicted molar refractivity (Wildman–Crippen MR) is 70.4 cm³/mol. The van der Waals surface area contributed by atoms with Crippen molar-refractivity contribution < 1.29 is 4.79 Å². The van der Waals surface area contributed by atoms with Gasteiger partial charge in [0.1, 0.15) is 0 Å². The zero-order valence-electron chi connectivity index (χ0n) is 11.0. The zero-order chi connectivity index (χ0) is 12.8. The summed E-state index contributed by atoms with van der Waals surface area (Å²) >= 11 is 0. The molecule has 0 spiro atoms. The molecule has 1 amide bonds. The topological polar surface area (TPSA) is 46.3 Å². The van der Waals surface area contributed by atoms with Gasteiger partial charge in [-0.25, -0.2) is 5.84 Å². The summed E-state index contributed by atoms with van der Waals surface area (Å²) in [6.45, 7) is 4.24. The van der Waals surface area contributed by atoms with Crippen LogP contribution in [0, 0.1) is 13.8 Å². The molecule has 3 heteroatoms. The number of amides is 1. The van der Waals surface area contributed by atoms with Gasteiger partial charge in [0.25, 0.3) is 0 Å². The molecule has 1 aromatic carbocycles. The Morgan fingerprint density at radius 1 is 1.29 bits per heavy atom. The average Bonchev–Trinajstić information content (AvgIpc) is 2.26. The van der Waals surface area contributed by atoms with E-state index >= 15 is 0 Å². The van der Waals surface area contributed by atoms with Crippen molar-refractivity contribution in [2.24, 2.45) is 5.84 Å². The number of rotatable bonds is 5. The minimum absolute atomic E-state index is 0.00521. The van der Waals surface area contributed by atoms with Crippen LogP contribution in [0.5, 0.6) is 0 Å². The number of carbonyl (C=O) groups excluding carboxylic acids is 1. The molecular formula is C14H22N2O. The summed E-state index contributed by atoms with van der Waals surface area (Å²) < 4.78 is 0. The van der Waals surface area contributed by atoms with Crippen LogP contribution >= 0.6 is 0 Å². The van der Waals surface area contributed by atoms with Crippen LogP contribution in [0.15, 0.2) is 18.2 Å². The molecule has 3 nitrogen and oxygen atoms in total. The Balaban J connectivity index is 2.34. The Bertz CT molecular complexity index is 386. The van der Waals surface area contributed by atoms with E-state index in [9.17, 15) is 4.79 Å². The number of nitrogens with two attached hydrogens (primary N) is 1. The second-order valence-corrected chi connectivity index (χ2v) is 4.64. The minimum atomic E-state index is 0.00521. The van der Waals surface area contributed by atoms with Gasteiger partial charge >= 0.3 is 0 Å². The molecule has 0 heterocycles. The number of benzene rings is 1. The first-order valence-corrected chi connectivity index (χ1v) is 6.08. The van der Waals surface area contributed by atoms with Crippen LogP contribution in [0.25, 0.3) is 0 Å². The van der Waals surface area contributed by atoms with Crippen molar-refractivity contribution in [3.63, 3.8) is 0 Å². The van der Waals surface area contributed by atoms with Crippen molar-refractivity contribution in [3.05, 3.63) is 34.9 Å². The van der Waals surface area contributed by atoms with E-state index in [4.69, 9.17) is 5.84 Å². The Morgan fingerprint density at radius 3 is 2.59 bits per heavy atom. The van der Waals surface area contributed by atoms with E-state index in [0.29, 0.717) is 6.42 Å². The van der Waals surface area contributed by atoms with Crippen LogP contribution in [0.3, 0.4) is 0 Å². The highest BCUT2D eigenvalue weighted by atomic mass is 16.2. The highest BCUT2D eigenvalue weighted by Crippen LogP contribution is 2.14. The summed E-state index contributed by atoms with van der Waals surface area (Å²) in [5, 5.41) is 1.16. The molecule has 2 N–H and O–H groups in total. The molecule has 0 saturated carbocycles. The normalized spacial score (nSPS) is 10.4. The SMILES string of the molecule is Cc1ccc(CCCCC(=O)N(C)N)c(C)c1. The Morgan fingerprint density at radius 2 is 2.00 bits per heavy atom. The maximum atomic E-state index is 11.3. The highest BCUT2D eigenvalue weighted by Gasteiger charge is 2.04. The largest absolute Gasteiger partial charge is 0.284 e. The summed E-state index contributed by atoms with van der Waals surface area (Å²) in [4.78, 5) is 11.3. The fraction of sp³-hybridized carbons (Fsp3) is 0.500. The molecule has 0 radical (unpaired) electrons. The summed E-state index contributed by atoms with van der Waals surface area (Å²) in [6, 6.07) is 6.52. The molecule has 0 aliphatic heterocycles. The van der Waals surface area contributed by atoms with E-state index in [1.54, 1.807) is 7.05 Å². The van der Waals surface area contributed by atoms with E-state index in [0.717, 1.165) is 24.3 Å². The highest BCUT2D eigenvalue weighted by molar-refractivity contribution is 5.75. The number of unbranched alkanes of at least 4 members (excludes halogenated alkanes) is 1. The molecule has 0 aliphatic rings. The smallest absolute Gasteiger partial charge is 0.236 e. The van der Waals surface area contributed by atoms with Gasteiger partial charge in [-0.3, -0.25) is 9.80 Å². The molecule has 94 valence electrons. The summed E-state index contributed by atoms with van der Waals surface area (Å²) in [7, 11) is 1.59. The molecule has 17 heavy (non-hydrogen) atoms. The molecule has 0 bridgehead atoms. The molecule has 1 aromatic rings. The Kier molecular flexibility index (Phi) is 5.16. The maximum absolute atomic E-state index is 11.3. The number of carbonyl (C=O) groups is 1. The minimum Gasteiger partial charge on any atom is -0.284 e. The van der Waals surface area contributed by atoms with Crippen LogP contribution in [0.2, 0.25) is 0 Å². The summed E-state index contributed by atoms with van der Waals surface area (Å²) in [5.74, 6) is 5.36. The van der Waals surface area contributed by atoms with Crippen molar-refractivity contribution in [2.75, 3.05) is 7.05 Å². The lowest BCUT2D eigenvalue weighted by Gasteiger charge is -2.10. The van der Waals surface area contributed by atoms with Gasteiger partial charge in [-0.05, 0) is 44.2 Å². The standard InChI is InChI=1S/C14H22N2O/c1-11-8-9-13(12(2)10-11)6-4-5-7-14(17)16(3)15/h8-10H,4-7,15H2,1-3H3. The number of aryl methyl sites for hydroxylation is 3. The van der Waals surface area contributed by atoms with Crippen LogP contribution in [-0.2, 0) is 11.2 Å². The first-order valence-electron chi connectivity index (χ1n) is 6.08. The Labute approximate surface area is 104 Å². The van der Waals surface area contributed by atoms with Gasteiger partial charge in [0.05, 0.1) is 0 Å². The van der Waals surface area contributed by atoms with Gasteiger partial charge in [0.2, 0.25) is 5.91 Å². The first kappa shape index (κ1) is 13.7. The lowest BCUT2D eigenvalue weighted by molar-refractivity contribution is -0.130. The molecule has 0 atom stereocenters. The van der Waals surface area contributed by atoms with Crippen molar-refractivity contribution in [2.45, 2.75) is 39.5 Å². The quantitative estimate of drug-likeness (QED) is 0.368. The van der Waals surface area contributed by atoms with E-state index in [-0.39, 0.29) is 5.91 Å². The van der Waals surface area contributed by atoms with Gasteiger partial charge in [0, 0.05) is 13.5 Å². The molecule has 0 fully saturated rings. The van der Waals surface area contributed by atoms with Gasteiger partial charge in [-0.15, -0.1) is 0 Å². The molecule has 0 aliphatic carbocycles. The molecular weight excluding hydrogens is 212 g/mol. The van der Waals surface area contributed by atoms with Crippen molar-refractivity contribution in [1.82, 2.24) is 5.01 Å². The zero-order valence-corrected chi connectivity index (χ0v) is 11.0. The van der Waals surface area contributed by atoms with Crippen LogP contribution in [-0.4, -0.2) is 18.0 Å². The second-order valence-electron chi connectivity index (χ2n) is 4.64. The van der Waals surface area contributed by atoms with Gasteiger partial charge < -0.3 is 0 Å². The number of nitrogens with zero attached hydrogens (tertiary/aromatic N) is 1. The van der Waals surface area contributed by atoms with Crippen LogP contribution in [0.4, 0.5) is 0 Å². The first-order chi connectivity index (χ1) is 8.00. The molecule has 0 aromatic heterocycles. The summed E-state index contributed by atoms with van der Waals surface area (Å²) in [5.41, 5.74) is 4.02. The summed E-state index contributed by atoms with van der Waals surface area (Å²) in [6.07, 6.45) is 3.50. The monoisotopic (exact) mass is 234 g/mol. The van der Waals surface area contributed by atoms with Gasteiger partial charge in [0.15, 0.2) is 0 Å². The molecule has 1 rings (SSSR count). The maximum Gasteiger partial charge on any atom is 0.236 e.